The molecule has 2 aromatic heterocycles. The third-order valence-electron chi connectivity index (χ3n) is 4.05. The number of nitrogens with zero attached hydrogens (tertiary/aromatic N) is 2. The molecule has 1 aliphatic rings. The minimum Gasteiger partial charge on any atom is -0.510 e. The van der Waals surface area contributed by atoms with Crippen molar-refractivity contribution >= 4 is 39.8 Å². The van der Waals surface area contributed by atoms with E-state index in [1.54, 1.807) is 16.2 Å². The van der Waals surface area contributed by atoms with Crippen LogP contribution >= 0.6 is 22.7 Å². The Morgan fingerprint density at radius 3 is 2.85 bits per heavy atom. The molecule has 0 saturated heterocycles. The van der Waals surface area contributed by atoms with E-state index in [4.69, 9.17) is 10.1 Å². The molecular weight excluding hydrogens is 366 g/mol. The second-order valence-electron chi connectivity index (χ2n) is 5.67. The van der Waals surface area contributed by atoms with E-state index >= 15 is 0 Å². The van der Waals surface area contributed by atoms with Gasteiger partial charge in [-0.1, -0.05) is 18.2 Å². The smallest absolute Gasteiger partial charge is 0.142 e. The minimum absolute atomic E-state index is 0.161. The summed E-state index contributed by atoms with van der Waals surface area (Å²) in [6, 6.07) is 11.6. The molecule has 0 amide bonds. The number of para-hydroxylation sites is 2. The number of aliphatic hydroxyl groups is 1. The molecule has 5 nitrogen and oxygen atoms in total. The quantitative estimate of drug-likeness (QED) is 0.648. The normalized spacial score (nSPS) is 14.3. The molecule has 7 heteroatoms. The fourth-order valence-corrected chi connectivity index (χ4v) is 4.54. The molecular formula is C19H17N3O2S2. The number of anilines is 1. The Morgan fingerprint density at radius 2 is 2.08 bits per heavy atom. The lowest BCUT2D eigenvalue weighted by Gasteiger charge is -2.21. The van der Waals surface area contributed by atoms with Crippen molar-refractivity contribution in [2.75, 3.05) is 18.1 Å². The summed E-state index contributed by atoms with van der Waals surface area (Å²) in [5.41, 5.74) is 2.14. The van der Waals surface area contributed by atoms with Crippen LogP contribution in [0, 0.1) is 5.41 Å². The molecule has 0 fully saturated rings. The summed E-state index contributed by atoms with van der Waals surface area (Å²) in [6.45, 7) is 2.71. The second-order valence-corrected chi connectivity index (χ2v) is 7.48. The third kappa shape index (κ3) is 2.89. The molecule has 0 unspecified atom stereocenters. The van der Waals surface area contributed by atoms with Crippen molar-refractivity contribution in [3.63, 3.8) is 0 Å². The fraction of sp³-hybridized carbons (Fsp3) is 0.158. The highest BCUT2D eigenvalue weighted by atomic mass is 32.1. The van der Waals surface area contributed by atoms with Crippen LogP contribution in [0.3, 0.4) is 0 Å². The van der Waals surface area contributed by atoms with Crippen molar-refractivity contribution in [2.24, 2.45) is 0 Å². The molecule has 0 aliphatic carbocycles. The number of ether oxygens (including phenoxy) is 1. The topological polar surface area (TPSA) is 69.4 Å². The van der Waals surface area contributed by atoms with Gasteiger partial charge in [-0.25, -0.2) is 4.98 Å². The number of rotatable bonds is 5. The van der Waals surface area contributed by atoms with E-state index in [-0.39, 0.29) is 18.1 Å². The van der Waals surface area contributed by atoms with Crippen molar-refractivity contribution in [2.45, 2.75) is 6.92 Å². The fourth-order valence-electron chi connectivity index (χ4n) is 2.89. The Hall–Kier alpha value is -2.64. The first kappa shape index (κ1) is 16.8. The zero-order valence-corrected chi connectivity index (χ0v) is 15.7. The van der Waals surface area contributed by atoms with Crippen LogP contribution in [0.25, 0.3) is 16.1 Å². The Kier molecular flexibility index (Phi) is 4.48. The number of nitrogens with one attached hydrogen (secondary N) is 1. The first-order valence-corrected chi connectivity index (χ1v) is 9.95. The van der Waals surface area contributed by atoms with Gasteiger partial charge in [-0.2, -0.15) is 0 Å². The van der Waals surface area contributed by atoms with Crippen molar-refractivity contribution in [1.82, 2.24) is 4.98 Å². The van der Waals surface area contributed by atoms with E-state index in [9.17, 15) is 5.11 Å². The molecule has 0 radical (unpaired) electrons. The summed E-state index contributed by atoms with van der Waals surface area (Å²) >= 11 is 3.07. The van der Waals surface area contributed by atoms with Gasteiger partial charge < -0.3 is 14.7 Å². The van der Waals surface area contributed by atoms with Gasteiger partial charge in [-0.15, -0.1) is 22.7 Å². The van der Waals surface area contributed by atoms with Gasteiger partial charge in [0.15, 0.2) is 0 Å². The van der Waals surface area contributed by atoms with Crippen molar-refractivity contribution in [3.8, 4) is 16.3 Å². The molecule has 0 spiro atoms. The highest BCUT2D eigenvalue weighted by Crippen LogP contribution is 2.38. The lowest BCUT2D eigenvalue weighted by molar-refractivity contribution is 0.341. The van der Waals surface area contributed by atoms with Crippen LogP contribution in [0.15, 0.2) is 52.9 Å². The summed E-state index contributed by atoms with van der Waals surface area (Å²) in [6.07, 6.45) is 0. The largest absolute Gasteiger partial charge is 0.510 e. The van der Waals surface area contributed by atoms with E-state index in [0.29, 0.717) is 22.9 Å². The molecule has 0 saturated carbocycles. The second kappa shape index (κ2) is 6.93. The van der Waals surface area contributed by atoms with Gasteiger partial charge in [0.2, 0.25) is 0 Å². The zero-order valence-electron chi connectivity index (χ0n) is 14.1. The number of hydrogen-bond donors (Lipinski definition) is 2. The third-order valence-corrected chi connectivity index (χ3v) is 5.80. The Labute approximate surface area is 159 Å². The predicted octanol–water partition coefficient (Wildman–Crippen LogP) is 5.04. The molecule has 0 atom stereocenters. The highest BCUT2D eigenvalue weighted by Gasteiger charge is 2.32. The maximum absolute atomic E-state index is 10.5. The van der Waals surface area contributed by atoms with Crippen LogP contribution in [0.5, 0.6) is 5.75 Å². The SMILES string of the molecule is CCOc1ccccc1N1CC(O)=C(c2nc(-c3cccs3)cs2)C1=N. The number of amidine groups is 1. The molecule has 3 aromatic rings. The van der Waals surface area contributed by atoms with Gasteiger partial charge in [0.05, 0.1) is 35.0 Å². The maximum atomic E-state index is 10.5. The standard InChI is InChI=1S/C19H17N3O2S2/c1-2-24-15-7-4-3-6-13(15)22-10-14(23)17(18(22)20)19-21-12(11-26-19)16-8-5-9-25-16/h3-9,11,20,23H,2,10H2,1H3. The van der Waals surface area contributed by atoms with Gasteiger partial charge in [0, 0.05) is 5.38 Å². The summed E-state index contributed by atoms with van der Waals surface area (Å²) in [7, 11) is 0. The van der Waals surface area contributed by atoms with Crippen LogP contribution in [0.2, 0.25) is 0 Å². The van der Waals surface area contributed by atoms with Crippen molar-refractivity contribution in [3.05, 3.63) is 57.9 Å². The van der Waals surface area contributed by atoms with Gasteiger partial charge >= 0.3 is 0 Å². The minimum atomic E-state index is 0.161. The first-order chi connectivity index (χ1) is 12.7. The molecule has 132 valence electrons. The number of hydrogen-bond acceptors (Lipinski definition) is 6. The Bertz CT molecular complexity index is 976. The maximum Gasteiger partial charge on any atom is 0.142 e. The summed E-state index contributed by atoms with van der Waals surface area (Å²) in [5, 5.41) is 23.8. The van der Waals surface area contributed by atoms with E-state index in [1.807, 2.05) is 54.1 Å². The van der Waals surface area contributed by atoms with Crippen LogP contribution < -0.4 is 9.64 Å². The summed E-state index contributed by atoms with van der Waals surface area (Å²) in [4.78, 5) is 7.47. The van der Waals surface area contributed by atoms with Crippen LogP contribution in [-0.4, -0.2) is 29.1 Å². The van der Waals surface area contributed by atoms with Gasteiger partial charge in [-0.3, -0.25) is 5.41 Å². The Balaban J connectivity index is 1.66. The number of benzene rings is 1. The van der Waals surface area contributed by atoms with Crippen LogP contribution in [-0.2, 0) is 0 Å². The zero-order chi connectivity index (χ0) is 18.1. The van der Waals surface area contributed by atoms with Crippen molar-refractivity contribution < 1.29 is 9.84 Å². The Morgan fingerprint density at radius 1 is 1.23 bits per heavy atom. The molecule has 2 N–H and O–H groups in total. The average molecular weight is 383 g/mol. The predicted molar refractivity (Wildman–Crippen MR) is 108 cm³/mol. The van der Waals surface area contributed by atoms with Gasteiger partial charge in [-0.05, 0) is 30.5 Å². The molecule has 1 aromatic carbocycles. The number of thiazole rings is 1. The summed E-state index contributed by atoms with van der Waals surface area (Å²) < 4.78 is 5.68. The molecule has 0 bridgehead atoms. The molecule has 1 aliphatic heterocycles. The van der Waals surface area contributed by atoms with E-state index < -0.39 is 0 Å². The van der Waals surface area contributed by atoms with Gasteiger partial charge in [0.25, 0.3) is 0 Å². The molecule has 3 heterocycles. The number of aromatic nitrogens is 1. The lowest BCUT2D eigenvalue weighted by Crippen LogP contribution is -2.26. The number of thiophene rings is 1. The molecule has 26 heavy (non-hydrogen) atoms. The number of aliphatic hydroxyl groups excluding tert-OH is 1. The molecule has 4 rings (SSSR count). The van der Waals surface area contributed by atoms with Crippen LogP contribution in [0.4, 0.5) is 5.69 Å². The monoisotopic (exact) mass is 383 g/mol. The lowest BCUT2D eigenvalue weighted by atomic mass is 10.2. The van der Waals surface area contributed by atoms with Crippen molar-refractivity contribution in [1.29, 1.82) is 5.41 Å². The first-order valence-electron chi connectivity index (χ1n) is 8.19. The van der Waals surface area contributed by atoms with E-state index in [2.05, 4.69) is 4.98 Å². The van der Waals surface area contributed by atoms with Crippen LogP contribution in [0.1, 0.15) is 11.9 Å². The van der Waals surface area contributed by atoms with E-state index in [1.165, 1.54) is 11.3 Å². The average Bonchev–Trinajstić information content (AvgIpc) is 3.36. The summed E-state index contributed by atoms with van der Waals surface area (Å²) in [5.74, 6) is 1.10. The van der Waals surface area contributed by atoms with E-state index in [0.717, 1.165) is 16.3 Å². The van der Waals surface area contributed by atoms with Gasteiger partial charge in [0.1, 0.15) is 22.4 Å². The highest BCUT2D eigenvalue weighted by molar-refractivity contribution is 7.14.